The van der Waals surface area contributed by atoms with Gasteiger partial charge < -0.3 is 19.0 Å². The Bertz CT molecular complexity index is 626. The van der Waals surface area contributed by atoms with Gasteiger partial charge in [-0.1, -0.05) is 51.6 Å². The maximum Gasteiger partial charge on any atom is 0.157 e. The van der Waals surface area contributed by atoms with Crippen LogP contribution in [0.25, 0.3) is 0 Å². The van der Waals surface area contributed by atoms with Gasteiger partial charge in [-0.05, 0) is 39.7 Å². The van der Waals surface area contributed by atoms with E-state index in [4.69, 9.17) is 65.5 Å². The van der Waals surface area contributed by atoms with Crippen LogP contribution in [0.5, 0.6) is 11.5 Å². The molecule has 1 rings (SSSR count). The molecule has 0 aliphatic heterocycles. The lowest BCUT2D eigenvalue weighted by atomic mass is 10.2. The second-order valence-electron chi connectivity index (χ2n) is 6.11. The zero-order chi connectivity index (χ0) is 20.9. The van der Waals surface area contributed by atoms with E-state index in [9.17, 15) is 0 Å². The summed E-state index contributed by atoms with van der Waals surface area (Å²) in [5.41, 5.74) is 0. The molecule has 0 heterocycles. The average molecular weight is 473 g/mol. The summed E-state index contributed by atoms with van der Waals surface area (Å²) in [5.74, 6) is 0.922. The molecule has 0 aliphatic rings. The summed E-state index contributed by atoms with van der Waals surface area (Å²) in [6, 6.07) is 3.26. The number of rotatable bonds is 13. The monoisotopic (exact) mass is 471 g/mol. The van der Waals surface area contributed by atoms with Crippen molar-refractivity contribution in [3.05, 3.63) is 32.7 Å². The quantitative estimate of drug-likeness (QED) is 0.183. The first-order chi connectivity index (χ1) is 13.3. The summed E-state index contributed by atoms with van der Waals surface area (Å²) >= 11 is 23.6. The smallest absolute Gasteiger partial charge is 0.157 e. The number of halogens is 4. The minimum atomic E-state index is -0.0821. The van der Waals surface area contributed by atoms with Crippen molar-refractivity contribution in [2.45, 2.75) is 45.8 Å². The molecule has 28 heavy (non-hydrogen) atoms. The number of hydrogen-bond donors (Lipinski definition) is 0. The topological polar surface area (TPSA) is 49.3 Å². The Morgan fingerprint density at radius 3 is 2.39 bits per heavy atom. The molecule has 1 unspecified atom stereocenters. The Kier molecular flexibility index (Phi) is 12.8. The van der Waals surface area contributed by atoms with E-state index in [1.807, 2.05) is 20.8 Å². The molecule has 0 amide bonds. The third-order valence-corrected chi connectivity index (χ3v) is 4.09. The predicted molar refractivity (Wildman–Crippen MR) is 117 cm³/mol. The third-order valence-electron chi connectivity index (χ3n) is 3.22. The Morgan fingerprint density at radius 1 is 1.11 bits per heavy atom. The SMILES string of the molecule is CC(C)ON=CCOCCCC(C)Oc1c(Cl)cc(OCC=C(Cl)Cl)cc1Cl. The van der Waals surface area contributed by atoms with Crippen LogP contribution in [-0.4, -0.2) is 38.2 Å². The van der Waals surface area contributed by atoms with Gasteiger partial charge >= 0.3 is 0 Å². The Labute approximate surface area is 186 Å². The van der Waals surface area contributed by atoms with Gasteiger partial charge in [-0.3, -0.25) is 0 Å². The first-order valence-electron chi connectivity index (χ1n) is 8.84. The summed E-state index contributed by atoms with van der Waals surface area (Å²) in [7, 11) is 0. The Balaban J connectivity index is 2.37. The van der Waals surface area contributed by atoms with Crippen molar-refractivity contribution < 1.29 is 19.0 Å². The lowest BCUT2D eigenvalue weighted by Crippen LogP contribution is -2.13. The van der Waals surface area contributed by atoms with Gasteiger partial charge in [0.1, 0.15) is 23.0 Å². The van der Waals surface area contributed by atoms with Gasteiger partial charge in [0.05, 0.1) is 29.0 Å². The van der Waals surface area contributed by atoms with Gasteiger partial charge in [0.2, 0.25) is 0 Å². The van der Waals surface area contributed by atoms with Gasteiger partial charge in [-0.25, -0.2) is 0 Å². The zero-order valence-corrected chi connectivity index (χ0v) is 19.1. The molecule has 9 heteroatoms. The third kappa shape index (κ3) is 11.2. The van der Waals surface area contributed by atoms with Crippen molar-refractivity contribution in [2.75, 3.05) is 19.8 Å². The van der Waals surface area contributed by atoms with E-state index in [0.29, 0.717) is 34.8 Å². The molecule has 158 valence electrons. The maximum absolute atomic E-state index is 6.27. The van der Waals surface area contributed by atoms with Crippen LogP contribution in [0, 0.1) is 0 Å². The summed E-state index contributed by atoms with van der Waals surface area (Å²) < 4.78 is 16.9. The molecule has 1 aromatic carbocycles. The highest BCUT2D eigenvalue weighted by atomic mass is 35.5. The molecule has 0 N–H and O–H groups in total. The number of hydrogen-bond acceptors (Lipinski definition) is 5. The van der Waals surface area contributed by atoms with Crippen LogP contribution < -0.4 is 9.47 Å². The van der Waals surface area contributed by atoms with E-state index in [1.54, 1.807) is 18.3 Å². The van der Waals surface area contributed by atoms with Gasteiger partial charge in [-0.2, -0.15) is 0 Å². The fraction of sp³-hybridized carbons (Fsp3) is 0.526. The summed E-state index contributed by atoms with van der Waals surface area (Å²) in [6.45, 7) is 6.97. The van der Waals surface area contributed by atoms with Crippen LogP contribution in [0.1, 0.15) is 33.6 Å². The molecule has 0 radical (unpaired) electrons. The van der Waals surface area contributed by atoms with E-state index in [2.05, 4.69) is 5.16 Å². The van der Waals surface area contributed by atoms with Crippen molar-refractivity contribution in [1.29, 1.82) is 0 Å². The molecular formula is C19H25Cl4NO4. The first-order valence-corrected chi connectivity index (χ1v) is 10.4. The lowest BCUT2D eigenvalue weighted by molar-refractivity contribution is 0.0836. The summed E-state index contributed by atoms with van der Waals surface area (Å²) in [6.07, 6.45) is 4.70. The minimum absolute atomic E-state index is 0.0644. The highest BCUT2D eigenvalue weighted by Gasteiger charge is 2.14. The highest BCUT2D eigenvalue weighted by Crippen LogP contribution is 2.37. The van der Waals surface area contributed by atoms with Gasteiger partial charge in [0.25, 0.3) is 0 Å². The molecule has 1 atom stereocenters. The number of oxime groups is 1. The molecule has 0 saturated heterocycles. The molecule has 0 aliphatic carbocycles. The van der Waals surface area contributed by atoms with E-state index in [-0.39, 0.29) is 23.3 Å². The summed E-state index contributed by atoms with van der Waals surface area (Å²) in [4.78, 5) is 5.04. The molecule has 0 fully saturated rings. The molecule has 5 nitrogen and oxygen atoms in total. The largest absolute Gasteiger partial charge is 0.489 e. The summed E-state index contributed by atoms with van der Waals surface area (Å²) in [5, 5.41) is 4.52. The van der Waals surface area contributed by atoms with Gasteiger partial charge in [0, 0.05) is 18.7 Å². The van der Waals surface area contributed by atoms with Gasteiger partial charge in [0.15, 0.2) is 5.75 Å². The Hall–Kier alpha value is -0.850. The van der Waals surface area contributed by atoms with E-state index in [1.165, 1.54) is 6.08 Å². The minimum Gasteiger partial charge on any atom is -0.489 e. The van der Waals surface area contributed by atoms with Crippen molar-refractivity contribution in [3.63, 3.8) is 0 Å². The molecule has 0 saturated carbocycles. The molecule has 0 spiro atoms. The molecule has 0 aromatic heterocycles. The van der Waals surface area contributed by atoms with Crippen molar-refractivity contribution >= 4 is 52.6 Å². The van der Waals surface area contributed by atoms with E-state index >= 15 is 0 Å². The standard InChI is InChI=1S/C19H25Cl4NO4/c1-13(2)28-24-7-10-25-8-4-5-14(3)27-19-16(20)11-15(12-17(19)21)26-9-6-18(22)23/h6-7,11-14H,4-5,8-10H2,1-3H3. The van der Waals surface area contributed by atoms with E-state index < -0.39 is 0 Å². The van der Waals surface area contributed by atoms with Crippen molar-refractivity contribution in [2.24, 2.45) is 5.16 Å². The van der Waals surface area contributed by atoms with Crippen molar-refractivity contribution in [3.8, 4) is 11.5 Å². The zero-order valence-electron chi connectivity index (χ0n) is 16.1. The van der Waals surface area contributed by atoms with Crippen molar-refractivity contribution in [1.82, 2.24) is 0 Å². The molecule has 1 aromatic rings. The maximum atomic E-state index is 6.27. The van der Waals surface area contributed by atoms with Crippen LogP contribution in [0.15, 0.2) is 27.9 Å². The second kappa shape index (κ2) is 14.2. The average Bonchev–Trinajstić information content (AvgIpc) is 2.60. The Morgan fingerprint density at radius 2 is 1.79 bits per heavy atom. The highest BCUT2D eigenvalue weighted by molar-refractivity contribution is 6.55. The van der Waals surface area contributed by atoms with Crippen LogP contribution in [0.4, 0.5) is 0 Å². The second-order valence-corrected chi connectivity index (χ2v) is 7.93. The van der Waals surface area contributed by atoms with E-state index in [0.717, 1.165) is 12.8 Å². The fourth-order valence-electron chi connectivity index (χ4n) is 2.00. The van der Waals surface area contributed by atoms with Gasteiger partial charge in [-0.15, -0.1) is 0 Å². The van der Waals surface area contributed by atoms with Crippen LogP contribution >= 0.6 is 46.4 Å². The lowest BCUT2D eigenvalue weighted by Gasteiger charge is -2.17. The van der Waals surface area contributed by atoms with Crippen LogP contribution in [-0.2, 0) is 9.57 Å². The first kappa shape index (κ1) is 25.2. The number of ether oxygens (including phenoxy) is 3. The van der Waals surface area contributed by atoms with Crippen LogP contribution in [0.3, 0.4) is 0 Å². The van der Waals surface area contributed by atoms with Crippen LogP contribution in [0.2, 0.25) is 10.0 Å². The number of benzene rings is 1. The molecular weight excluding hydrogens is 448 g/mol. The molecule has 0 bridgehead atoms. The predicted octanol–water partition coefficient (Wildman–Crippen LogP) is 6.67. The number of nitrogens with zero attached hydrogens (tertiary/aromatic N) is 1. The normalized spacial score (nSPS) is 12.3. The fourth-order valence-corrected chi connectivity index (χ4v) is 2.68.